The van der Waals surface area contributed by atoms with E-state index in [1.807, 2.05) is 24.3 Å². The summed E-state index contributed by atoms with van der Waals surface area (Å²) in [4.78, 5) is 40.4. The summed E-state index contributed by atoms with van der Waals surface area (Å²) in [6.07, 6.45) is 10.3. The number of nitrogens with one attached hydrogen (secondary N) is 3. The molecule has 42 heavy (non-hydrogen) atoms. The van der Waals surface area contributed by atoms with E-state index in [-0.39, 0.29) is 23.8 Å². The third kappa shape index (κ3) is 6.37. The van der Waals surface area contributed by atoms with Crippen LogP contribution in [-0.2, 0) is 29.8 Å². The first-order valence-electron chi connectivity index (χ1n) is 15.2. The summed E-state index contributed by atoms with van der Waals surface area (Å²) < 4.78 is 26.3. The number of piperidine rings is 1. The van der Waals surface area contributed by atoms with Crippen molar-refractivity contribution < 1.29 is 22.8 Å². The van der Waals surface area contributed by atoms with E-state index in [4.69, 9.17) is 0 Å². The number of hydrogen-bond donors (Lipinski definition) is 3. The first-order valence-corrected chi connectivity index (χ1v) is 17.0. The molecule has 1 aromatic carbocycles. The molecule has 5 rings (SSSR count). The number of para-hydroxylation sites is 1. The highest BCUT2D eigenvalue weighted by atomic mass is 32.2. The Morgan fingerprint density at radius 1 is 1.10 bits per heavy atom. The van der Waals surface area contributed by atoms with Crippen molar-refractivity contribution in [1.29, 1.82) is 0 Å². The molecule has 3 amide bonds. The molecule has 1 spiro atoms. The van der Waals surface area contributed by atoms with Gasteiger partial charge in [0.15, 0.2) is 0 Å². The number of anilines is 1. The number of sulfonamides is 1. The summed E-state index contributed by atoms with van der Waals surface area (Å²) in [7, 11) is -3.41. The van der Waals surface area contributed by atoms with Gasteiger partial charge in [-0.1, -0.05) is 37.3 Å². The van der Waals surface area contributed by atoms with Crippen LogP contribution in [0.15, 0.2) is 36.4 Å². The molecule has 3 aliphatic heterocycles. The zero-order valence-electron chi connectivity index (χ0n) is 25.2. The maximum Gasteiger partial charge on any atom is 0.245 e. The van der Waals surface area contributed by atoms with Crippen LogP contribution in [0.25, 0.3) is 0 Å². The monoisotopic (exact) mass is 599 g/mol. The molecule has 2 fully saturated rings. The van der Waals surface area contributed by atoms with Gasteiger partial charge in [0.05, 0.1) is 18.5 Å². The van der Waals surface area contributed by atoms with Crippen LogP contribution >= 0.6 is 0 Å². The van der Waals surface area contributed by atoms with Crippen molar-refractivity contribution in [2.24, 2.45) is 11.8 Å². The van der Waals surface area contributed by atoms with Gasteiger partial charge in [0.1, 0.15) is 5.54 Å². The van der Waals surface area contributed by atoms with Crippen LogP contribution in [0.1, 0.15) is 64.9 Å². The predicted molar refractivity (Wildman–Crippen MR) is 162 cm³/mol. The lowest BCUT2D eigenvalue weighted by Crippen LogP contribution is -2.56. The number of benzene rings is 1. The minimum Gasteiger partial charge on any atom is -0.345 e. The van der Waals surface area contributed by atoms with Crippen LogP contribution in [0, 0.1) is 11.8 Å². The molecule has 3 N–H and O–H groups in total. The van der Waals surface area contributed by atoms with Crippen LogP contribution in [0.4, 0.5) is 5.69 Å². The maximum absolute atomic E-state index is 13.0. The molecule has 0 aromatic heterocycles. The summed E-state index contributed by atoms with van der Waals surface area (Å²) in [5, 5.41) is 9.23. The third-order valence-electron chi connectivity index (χ3n) is 9.64. The normalized spacial score (nSPS) is 26.6. The van der Waals surface area contributed by atoms with Gasteiger partial charge in [0.2, 0.25) is 27.7 Å². The number of amides is 3. The van der Waals surface area contributed by atoms with E-state index in [2.05, 4.69) is 35.0 Å². The number of fused-ring (bicyclic) bond motifs is 3. The summed E-state index contributed by atoms with van der Waals surface area (Å²) in [5.74, 6) is 0.342. The standard InChI is InChI=1S/C31H45N5O5S/c1-21-9-10-22-18-23(33-25(22)17-21)11-12-27(37)34-30(2,3)29(39)32-19-28(38)35-15-13-31(14-16-35)20-36(42(4,40)41)26-8-6-5-7-24(26)31/h5-10,21-23,25,33H,11-20H2,1-4H3,(H,32,39)(H,34,37)/t21-,22?,23?,25?/m1/s1. The van der Waals surface area contributed by atoms with Crippen molar-refractivity contribution >= 4 is 33.4 Å². The second-order valence-electron chi connectivity index (χ2n) is 13.3. The van der Waals surface area contributed by atoms with E-state index in [9.17, 15) is 22.8 Å². The van der Waals surface area contributed by atoms with E-state index in [1.165, 1.54) is 10.6 Å². The van der Waals surface area contributed by atoms with Crippen LogP contribution in [-0.4, -0.2) is 81.1 Å². The number of carbonyl (C=O) groups is 3. The fraction of sp³-hybridized carbons (Fsp3) is 0.645. The molecular formula is C31H45N5O5S. The van der Waals surface area contributed by atoms with Crippen molar-refractivity contribution in [3.05, 3.63) is 42.0 Å². The Labute approximate surface area is 249 Å². The fourth-order valence-corrected chi connectivity index (χ4v) is 8.21. The van der Waals surface area contributed by atoms with E-state index < -0.39 is 21.5 Å². The molecule has 0 saturated carbocycles. The summed E-state index contributed by atoms with van der Waals surface area (Å²) in [5.41, 5.74) is 0.261. The Morgan fingerprint density at radius 3 is 2.52 bits per heavy atom. The van der Waals surface area contributed by atoms with Gasteiger partial charge >= 0.3 is 0 Å². The van der Waals surface area contributed by atoms with Gasteiger partial charge < -0.3 is 20.9 Å². The van der Waals surface area contributed by atoms with E-state index >= 15 is 0 Å². The average molecular weight is 600 g/mol. The largest absolute Gasteiger partial charge is 0.345 e. The lowest BCUT2D eigenvalue weighted by molar-refractivity contribution is -0.136. The molecule has 3 unspecified atom stereocenters. The molecule has 10 nitrogen and oxygen atoms in total. The van der Waals surface area contributed by atoms with Gasteiger partial charge in [-0.25, -0.2) is 8.42 Å². The fourth-order valence-electron chi connectivity index (χ4n) is 7.21. The lowest BCUT2D eigenvalue weighted by Gasteiger charge is -2.40. The van der Waals surface area contributed by atoms with Crippen molar-refractivity contribution in [2.45, 2.75) is 82.3 Å². The van der Waals surface area contributed by atoms with Crippen molar-refractivity contribution in [3.63, 3.8) is 0 Å². The molecule has 11 heteroatoms. The Hall–Kier alpha value is -2.92. The van der Waals surface area contributed by atoms with Gasteiger partial charge in [-0.2, -0.15) is 0 Å². The molecule has 4 atom stereocenters. The van der Waals surface area contributed by atoms with Crippen LogP contribution in [0.2, 0.25) is 0 Å². The summed E-state index contributed by atoms with van der Waals surface area (Å²) in [6.45, 7) is 6.70. The van der Waals surface area contributed by atoms with Crippen molar-refractivity contribution in [1.82, 2.24) is 20.9 Å². The van der Waals surface area contributed by atoms with Crippen LogP contribution in [0.3, 0.4) is 0 Å². The second-order valence-corrected chi connectivity index (χ2v) is 15.2. The first-order chi connectivity index (χ1) is 19.8. The number of carbonyl (C=O) groups excluding carboxylic acids is 3. The van der Waals surface area contributed by atoms with Crippen LogP contribution < -0.4 is 20.3 Å². The zero-order valence-corrected chi connectivity index (χ0v) is 26.0. The Kier molecular flexibility index (Phi) is 8.46. The molecule has 0 radical (unpaired) electrons. The Morgan fingerprint density at radius 2 is 1.81 bits per heavy atom. The summed E-state index contributed by atoms with van der Waals surface area (Å²) in [6, 6.07) is 8.38. The molecule has 3 heterocycles. The molecule has 4 aliphatic rings. The average Bonchev–Trinajstić information content (AvgIpc) is 3.49. The SMILES string of the molecule is C[C@@H]1C=CC2CC(CCC(=O)NC(C)(C)C(=O)NCC(=O)N3CCC4(CC3)CN(S(C)(=O)=O)c3ccccc34)NC2C1. The number of nitrogens with zero attached hydrogens (tertiary/aromatic N) is 2. The molecular weight excluding hydrogens is 554 g/mol. The lowest BCUT2D eigenvalue weighted by atomic mass is 9.74. The highest BCUT2D eigenvalue weighted by Crippen LogP contribution is 2.47. The Balaban J connectivity index is 1.06. The van der Waals surface area contributed by atoms with Crippen LogP contribution in [0.5, 0.6) is 0 Å². The van der Waals surface area contributed by atoms with E-state index in [0.717, 1.165) is 30.5 Å². The number of hydrogen-bond acceptors (Lipinski definition) is 6. The predicted octanol–water partition coefficient (Wildman–Crippen LogP) is 2.06. The minimum absolute atomic E-state index is 0.155. The van der Waals surface area contributed by atoms with E-state index in [0.29, 0.717) is 62.8 Å². The van der Waals surface area contributed by atoms with Gasteiger partial charge in [-0.3, -0.25) is 18.7 Å². The second kappa shape index (κ2) is 11.6. The molecule has 230 valence electrons. The zero-order chi connectivity index (χ0) is 30.3. The third-order valence-corrected chi connectivity index (χ3v) is 10.8. The van der Waals surface area contributed by atoms with Gasteiger partial charge in [-0.05, 0) is 69.4 Å². The molecule has 1 aromatic rings. The Bertz CT molecular complexity index is 1350. The minimum atomic E-state index is -3.41. The van der Waals surface area contributed by atoms with Gasteiger partial charge in [0, 0.05) is 43.6 Å². The highest BCUT2D eigenvalue weighted by molar-refractivity contribution is 7.92. The summed E-state index contributed by atoms with van der Waals surface area (Å²) >= 11 is 0. The highest BCUT2D eigenvalue weighted by Gasteiger charge is 2.47. The molecule has 1 aliphatic carbocycles. The quantitative estimate of drug-likeness (QED) is 0.393. The number of allylic oxidation sites excluding steroid dienone is 1. The molecule has 0 bridgehead atoms. The maximum atomic E-state index is 13.0. The van der Waals surface area contributed by atoms with Gasteiger partial charge in [-0.15, -0.1) is 0 Å². The van der Waals surface area contributed by atoms with E-state index in [1.54, 1.807) is 18.7 Å². The number of likely N-dealkylation sites (tertiary alicyclic amines) is 1. The topological polar surface area (TPSA) is 128 Å². The first kappa shape index (κ1) is 30.5. The van der Waals surface area contributed by atoms with Crippen molar-refractivity contribution in [3.8, 4) is 0 Å². The smallest absolute Gasteiger partial charge is 0.245 e. The van der Waals surface area contributed by atoms with Crippen molar-refractivity contribution in [2.75, 3.05) is 36.7 Å². The number of rotatable bonds is 8. The molecule has 2 saturated heterocycles. The van der Waals surface area contributed by atoms with Gasteiger partial charge in [0.25, 0.3) is 0 Å².